The number of carbonyl (C=O) groups excluding carboxylic acids is 1. The number of H-pyrrole nitrogens is 1. The van der Waals surface area contributed by atoms with Crippen LogP contribution in [0.1, 0.15) is 30.1 Å². The third-order valence-electron chi connectivity index (χ3n) is 2.96. The lowest BCUT2D eigenvalue weighted by molar-refractivity contribution is 0.0951. The highest BCUT2D eigenvalue weighted by molar-refractivity contribution is 5.94. The number of nitrogens with one attached hydrogen (secondary N) is 2. The highest BCUT2D eigenvalue weighted by atomic mass is 16.2. The second-order valence-corrected chi connectivity index (χ2v) is 4.46. The summed E-state index contributed by atoms with van der Waals surface area (Å²) < 4.78 is 0. The zero-order valence-electron chi connectivity index (χ0n) is 11.3. The number of aromatic nitrogens is 2. The quantitative estimate of drug-likeness (QED) is 0.816. The van der Waals surface area contributed by atoms with Crippen LogP contribution in [0.25, 0.3) is 11.3 Å². The Hall–Kier alpha value is -2.43. The van der Waals surface area contributed by atoms with Crippen LogP contribution >= 0.6 is 0 Å². The lowest BCUT2D eigenvalue weighted by atomic mass is 10.1. The van der Waals surface area contributed by atoms with Crippen LogP contribution in [-0.2, 0) is 0 Å². The normalized spacial score (nSPS) is 10.2. The van der Waals surface area contributed by atoms with E-state index in [4.69, 9.17) is 0 Å². The Balaban J connectivity index is 2.18. The molecule has 0 unspecified atom stereocenters. The molecule has 0 radical (unpaired) electrons. The molecule has 0 bridgehead atoms. The molecule has 0 spiro atoms. The molecule has 2 aromatic rings. The van der Waals surface area contributed by atoms with Crippen molar-refractivity contribution in [3.05, 3.63) is 52.6 Å². The zero-order valence-corrected chi connectivity index (χ0v) is 11.3. The van der Waals surface area contributed by atoms with Gasteiger partial charge in [-0.25, -0.2) is 0 Å². The van der Waals surface area contributed by atoms with Crippen LogP contribution < -0.4 is 10.9 Å². The minimum atomic E-state index is -0.381. The molecule has 0 fully saturated rings. The number of hydrogen-bond acceptors (Lipinski definition) is 3. The number of pyridine rings is 2. The highest BCUT2D eigenvalue weighted by Gasteiger charge is 2.10. The van der Waals surface area contributed by atoms with E-state index in [9.17, 15) is 9.59 Å². The molecule has 1 amide bonds. The van der Waals surface area contributed by atoms with Gasteiger partial charge in [0.2, 0.25) is 0 Å². The summed E-state index contributed by atoms with van der Waals surface area (Å²) in [5.74, 6) is -0.332. The van der Waals surface area contributed by atoms with Crippen molar-refractivity contribution in [3.63, 3.8) is 0 Å². The molecule has 0 aliphatic heterocycles. The van der Waals surface area contributed by atoms with E-state index in [1.807, 2.05) is 6.92 Å². The van der Waals surface area contributed by atoms with E-state index in [1.165, 1.54) is 0 Å². The van der Waals surface area contributed by atoms with Gasteiger partial charge in [-0.3, -0.25) is 14.6 Å². The van der Waals surface area contributed by atoms with Gasteiger partial charge in [0.15, 0.2) is 0 Å². The van der Waals surface area contributed by atoms with Gasteiger partial charge in [0, 0.05) is 30.2 Å². The summed E-state index contributed by atoms with van der Waals surface area (Å²) >= 11 is 0. The van der Waals surface area contributed by atoms with Crippen LogP contribution in [0.15, 0.2) is 41.5 Å². The number of carbonyl (C=O) groups is 1. The van der Waals surface area contributed by atoms with Gasteiger partial charge in [0.25, 0.3) is 11.5 Å². The third kappa shape index (κ3) is 3.32. The fourth-order valence-corrected chi connectivity index (χ4v) is 1.83. The molecule has 2 rings (SSSR count). The van der Waals surface area contributed by atoms with Crippen molar-refractivity contribution in [2.24, 2.45) is 0 Å². The molecule has 5 nitrogen and oxygen atoms in total. The molecule has 104 valence electrons. The number of aromatic amines is 1. The van der Waals surface area contributed by atoms with Crippen molar-refractivity contribution in [1.29, 1.82) is 0 Å². The Bertz CT molecular complexity index is 635. The summed E-state index contributed by atoms with van der Waals surface area (Å²) in [5.41, 5.74) is 1.28. The van der Waals surface area contributed by atoms with Gasteiger partial charge in [-0.15, -0.1) is 0 Å². The summed E-state index contributed by atoms with van der Waals surface area (Å²) in [6.45, 7) is 2.63. The number of rotatable bonds is 5. The number of hydrogen-bond donors (Lipinski definition) is 2. The van der Waals surface area contributed by atoms with E-state index in [-0.39, 0.29) is 17.0 Å². The zero-order chi connectivity index (χ0) is 14.4. The maximum atomic E-state index is 12.0. The first-order chi connectivity index (χ1) is 9.72. The summed E-state index contributed by atoms with van der Waals surface area (Å²) in [4.78, 5) is 30.4. The molecule has 0 atom stereocenters. The highest BCUT2D eigenvalue weighted by Crippen LogP contribution is 2.13. The second kappa shape index (κ2) is 6.65. The summed E-state index contributed by atoms with van der Waals surface area (Å²) in [5, 5.41) is 2.73. The standard InChI is InChI=1S/C15H17N3O2/c1-2-3-8-17-14(19)12-4-5-13(18-15(12)20)11-6-9-16-10-7-11/h4-7,9-10H,2-3,8H2,1H3,(H,17,19)(H,18,20). The van der Waals surface area contributed by atoms with Crippen LogP contribution in [-0.4, -0.2) is 22.4 Å². The smallest absolute Gasteiger partial charge is 0.261 e. The Kier molecular flexibility index (Phi) is 4.65. The van der Waals surface area contributed by atoms with Crippen LogP contribution in [0.5, 0.6) is 0 Å². The van der Waals surface area contributed by atoms with Gasteiger partial charge in [-0.1, -0.05) is 13.3 Å². The number of amides is 1. The molecule has 5 heteroatoms. The number of unbranched alkanes of at least 4 members (excludes halogenated alkanes) is 1. The van der Waals surface area contributed by atoms with Crippen molar-refractivity contribution in [2.75, 3.05) is 6.54 Å². The summed E-state index contributed by atoms with van der Waals surface area (Å²) in [6, 6.07) is 6.87. The molecule has 2 N–H and O–H groups in total. The molecule has 0 saturated heterocycles. The fraction of sp³-hybridized carbons (Fsp3) is 0.267. The maximum Gasteiger partial charge on any atom is 0.261 e. The van der Waals surface area contributed by atoms with Gasteiger partial charge in [-0.2, -0.15) is 0 Å². The van der Waals surface area contributed by atoms with Crippen LogP contribution in [0.3, 0.4) is 0 Å². The lowest BCUT2D eigenvalue weighted by Crippen LogP contribution is -2.30. The van der Waals surface area contributed by atoms with E-state index >= 15 is 0 Å². The fourth-order valence-electron chi connectivity index (χ4n) is 1.83. The summed E-state index contributed by atoms with van der Waals surface area (Å²) in [6.07, 6.45) is 5.20. The minimum absolute atomic E-state index is 0.138. The van der Waals surface area contributed by atoms with Gasteiger partial charge in [-0.05, 0) is 30.7 Å². The Labute approximate surface area is 117 Å². The van der Waals surface area contributed by atoms with Gasteiger partial charge in [0.1, 0.15) is 5.56 Å². The predicted molar refractivity (Wildman–Crippen MR) is 77.5 cm³/mol. The molecule has 0 aromatic carbocycles. The van der Waals surface area contributed by atoms with Gasteiger partial charge in [0.05, 0.1) is 0 Å². The first kappa shape index (κ1) is 14.0. The van der Waals surface area contributed by atoms with Crippen LogP contribution in [0, 0.1) is 0 Å². The Morgan fingerprint density at radius 3 is 2.65 bits per heavy atom. The largest absolute Gasteiger partial charge is 0.352 e. The summed E-state index contributed by atoms with van der Waals surface area (Å²) in [7, 11) is 0. The maximum absolute atomic E-state index is 12.0. The van der Waals surface area contributed by atoms with Gasteiger partial charge >= 0.3 is 0 Å². The molecule has 0 aliphatic rings. The molecule has 2 aromatic heterocycles. The predicted octanol–water partition coefficient (Wildman–Crippen LogP) is 1.97. The van der Waals surface area contributed by atoms with Crippen molar-refractivity contribution < 1.29 is 4.79 Å². The van der Waals surface area contributed by atoms with E-state index in [0.29, 0.717) is 12.2 Å². The monoisotopic (exact) mass is 271 g/mol. The average molecular weight is 271 g/mol. The van der Waals surface area contributed by atoms with E-state index in [0.717, 1.165) is 18.4 Å². The first-order valence-electron chi connectivity index (χ1n) is 6.64. The van der Waals surface area contributed by atoms with E-state index in [2.05, 4.69) is 15.3 Å². The van der Waals surface area contributed by atoms with Crippen LogP contribution in [0.4, 0.5) is 0 Å². The topological polar surface area (TPSA) is 74.8 Å². The van der Waals surface area contributed by atoms with Crippen molar-refractivity contribution >= 4 is 5.91 Å². The minimum Gasteiger partial charge on any atom is -0.352 e. The number of nitrogens with zero attached hydrogens (tertiary/aromatic N) is 1. The second-order valence-electron chi connectivity index (χ2n) is 4.46. The lowest BCUT2D eigenvalue weighted by Gasteiger charge is -2.05. The van der Waals surface area contributed by atoms with Crippen molar-refractivity contribution in [3.8, 4) is 11.3 Å². The molecule has 2 heterocycles. The molecule has 20 heavy (non-hydrogen) atoms. The molecule has 0 aliphatic carbocycles. The third-order valence-corrected chi connectivity index (χ3v) is 2.96. The first-order valence-corrected chi connectivity index (χ1v) is 6.64. The Morgan fingerprint density at radius 2 is 2.00 bits per heavy atom. The van der Waals surface area contributed by atoms with Crippen molar-refractivity contribution in [1.82, 2.24) is 15.3 Å². The molecule has 0 saturated carbocycles. The average Bonchev–Trinajstić information content (AvgIpc) is 2.48. The van der Waals surface area contributed by atoms with Crippen molar-refractivity contribution in [2.45, 2.75) is 19.8 Å². The van der Waals surface area contributed by atoms with Gasteiger partial charge < -0.3 is 10.3 Å². The molecular weight excluding hydrogens is 254 g/mol. The molecular formula is C15H17N3O2. The van der Waals surface area contributed by atoms with E-state index < -0.39 is 0 Å². The Morgan fingerprint density at radius 1 is 1.25 bits per heavy atom. The SMILES string of the molecule is CCCCNC(=O)c1ccc(-c2ccncc2)[nH]c1=O. The van der Waals surface area contributed by atoms with Crippen LogP contribution in [0.2, 0.25) is 0 Å². The van der Waals surface area contributed by atoms with E-state index in [1.54, 1.807) is 36.7 Å².